The number of nitrogens with zero attached hydrogens (tertiary/aromatic N) is 5. The summed E-state index contributed by atoms with van der Waals surface area (Å²) in [7, 11) is 3.59. The smallest absolute Gasteiger partial charge is 0.227 e. The first-order valence-corrected chi connectivity index (χ1v) is 11.1. The Kier molecular flexibility index (Phi) is 5.66. The number of anilines is 3. The van der Waals surface area contributed by atoms with Crippen molar-refractivity contribution < 1.29 is 9.47 Å². The summed E-state index contributed by atoms with van der Waals surface area (Å²) in [4.78, 5) is 19.1. The fourth-order valence-electron chi connectivity index (χ4n) is 3.97. The van der Waals surface area contributed by atoms with Crippen LogP contribution in [0, 0.1) is 0 Å². The second kappa shape index (κ2) is 8.94. The fourth-order valence-corrected chi connectivity index (χ4v) is 3.97. The molecule has 1 atom stereocenters. The summed E-state index contributed by atoms with van der Waals surface area (Å²) in [5, 5.41) is 2.56. The minimum Gasteiger partial charge on any atom is -0.496 e. The number of fused-ring (bicyclic) bond motifs is 2. The van der Waals surface area contributed by atoms with Crippen LogP contribution in [0.25, 0.3) is 21.8 Å². The standard InChI is InChI=1S/C26H25N7O2/c1-15(33(2)26-29-14-20-23(27)30-25(28)31-24(20)32-26)16-8-10-17(11-9-16)35-22-13-12-21(34-3)18-6-4-5-7-19(18)22/h4-15H,1-3H3,(H4,27,28,29,30,31,32). The minimum atomic E-state index is -0.0140. The molecule has 5 rings (SSSR count). The lowest BCUT2D eigenvalue weighted by atomic mass is 10.1. The van der Waals surface area contributed by atoms with Crippen molar-refractivity contribution in [1.82, 2.24) is 19.9 Å². The predicted molar refractivity (Wildman–Crippen MR) is 138 cm³/mol. The number of rotatable bonds is 6. The fraction of sp³-hybridized carbons (Fsp3) is 0.154. The van der Waals surface area contributed by atoms with Gasteiger partial charge in [0.25, 0.3) is 0 Å². The number of hydrogen-bond acceptors (Lipinski definition) is 9. The summed E-state index contributed by atoms with van der Waals surface area (Å²) in [5.41, 5.74) is 13.1. The highest BCUT2D eigenvalue weighted by Gasteiger charge is 2.17. The zero-order valence-corrected chi connectivity index (χ0v) is 19.6. The lowest BCUT2D eigenvalue weighted by Crippen LogP contribution is -2.23. The molecule has 0 fully saturated rings. The Labute approximate surface area is 202 Å². The molecule has 0 aliphatic rings. The van der Waals surface area contributed by atoms with Crippen LogP contribution < -0.4 is 25.8 Å². The van der Waals surface area contributed by atoms with Crippen LogP contribution in [0.1, 0.15) is 18.5 Å². The van der Waals surface area contributed by atoms with Crippen LogP contribution in [0.4, 0.5) is 17.7 Å². The molecule has 0 radical (unpaired) electrons. The van der Waals surface area contributed by atoms with E-state index in [2.05, 4.69) is 26.9 Å². The van der Waals surface area contributed by atoms with Crippen LogP contribution in [0.3, 0.4) is 0 Å². The van der Waals surface area contributed by atoms with Gasteiger partial charge in [0.1, 0.15) is 23.1 Å². The topological polar surface area (TPSA) is 125 Å². The number of methoxy groups -OCH3 is 1. The zero-order chi connectivity index (χ0) is 24.5. The summed E-state index contributed by atoms with van der Waals surface area (Å²) >= 11 is 0. The van der Waals surface area contributed by atoms with E-state index >= 15 is 0 Å². The number of ether oxygens (including phenoxy) is 2. The largest absolute Gasteiger partial charge is 0.496 e. The molecule has 0 amide bonds. The monoisotopic (exact) mass is 467 g/mol. The van der Waals surface area contributed by atoms with Crippen LogP contribution in [0.2, 0.25) is 0 Å². The molecule has 0 aliphatic heterocycles. The van der Waals surface area contributed by atoms with Gasteiger partial charge in [-0.05, 0) is 36.8 Å². The average Bonchev–Trinajstić information content (AvgIpc) is 2.88. The van der Waals surface area contributed by atoms with E-state index in [9.17, 15) is 0 Å². The Balaban J connectivity index is 1.37. The molecular formula is C26H25N7O2. The summed E-state index contributed by atoms with van der Waals surface area (Å²) in [5.74, 6) is 3.17. The summed E-state index contributed by atoms with van der Waals surface area (Å²) in [6.07, 6.45) is 1.62. The Morgan fingerprint density at radius 3 is 2.23 bits per heavy atom. The molecule has 0 bridgehead atoms. The van der Waals surface area contributed by atoms with Gasteiger partial charge in [0.15, 0.2) is 5.65 Å². The van der Waals surface area contributed by atoms with Gasteiger partial charge in [-0.25, -0.2) is 4.98 Å². The third-order valence-corrected chi connectivity index (χ3v) is 6.04. The molecule has 2 aromatic heterocycles. The average molecular weight is 468 g/mol. The van der Waals surface area contributed by atoms with Crippen molar-refractivity contribution in [2.75, 3.05) is 30.5 Å². The predicted octanol–water partition coefficient (Wildman–Crippen LogP) is 4.74. The minimum absolute atomic E-state index is 0.0140. The quantitative estimate of drug-likeness (QED) is 0.364. The molecule has 2 heterocycles. The van der Waals surface area contributed by atoms with Crippen molar-refractivity contribution in [3.8, 4) is 17.2 Å². The van der Waals surface area contributed by atoms with Crippen LogP contribution in [0.5, 0.6) is 17.2 Å². The van der Waals surface area contributed by atoms with E-state index in [0.29, 0.717) is 17.0 Å². The highest BCUT2D eigenvalue weighted by atomic mass is 16.5. The maximum absolute atomic E-state index is 6.21. The molecule has 9 heteroatoms. The number of hydrogen-bond donors (Lipinski definition) is 2. The van der Waals surface area contributed by atoms with Gasteiger partial charge < -0.3 is 25.8 Å². The molecule has 0 saturated heterocycles. The van der Waals surface area contributed by atoms with Crippen molar-refractivity contribution in [2.45, 2.75) is 13.0 Å². The Hall–Kier alpha value is -4.66. The van der Waals surface area contributed by atoms with E-state index in [1.165, 1.54) is 0 Å². The lowest BCUT2D eigenvalue weighted by molar-refractivity contribution is 0.418. The van der Waals surface area contributed by atoms with Crippen molar-refractivity contribution in [3.63, 3.8) is 0 Å². The van der Waals surface area contributed by atoms with Crippen LogP contribution in [-0.4, -0.2) is 34.1 Å². The highest BCUT2D eigenvalue weighted by Crippen LogP contribution is 2.36. The molecule has 3 aromatic carbocycles. The molecule has 0 aliphatic carbocycles. The molecular weight excluding hydrogens is 442 g/mol. The van der Waals surface area contributed by atoms with Crippen molar-refractivity contribution >= 4 is 39.5 Å². The molecule has 4 N–H and O–H groups in total. The van der Waals surface area contributed by atoms with Gasteiger partial charge in [-0.1, -0.05) is 36.4 Å². The van der Waals surface area contributed by atoms with E-state index in [-0.39, 0.29) is 17.8 Å². The van der Waals surface area contributed by atoms with E-state index < -0.39 is 0 Å². The number of nitrogens with two attached hydrogens (primary N) is 2. The second-order valence-electron chi connectivity index (χ2n) is 8.14. The first-order chi connectivity index (χ1) is 16.9. The van der Waals surface area contributed by atoms with Crippen molar-refractivity contribution in [2.24, 2.45) is 0 Å². The van der Waals surface area contributed by atoms with Gasteiger partial charge in [-0.15, -0.1) is 0 Å². The van der Waals surface area contributed by atoms with Gasteiger partial charge in [-0.3, -0.25) is 0 Å². The third-order valence-electron chi connectivity index (χ3n) is 6.04. The zero-order valence-electron chi connectivity index (χ0n) is 19.6. The van der Waals surface area contributed by atoms with Gasteiger partial charge in [0.2, 0.25) is 11.9 Å². The van der Waals surface area contributed by atoms with Crippen molar-refractivity contribution in [1.29, 1.82) is 0 Å². The summed E-state index contributed by atoms with van der Waals surface area (Å²) < 4.78 is 11.7. The maximum Gasteiger partial charge on any atom is 0.227 e. The summed E-state index contributed by atoms with van der Waals surface area (Å²) in [6.45, 7) is 2.07. The van der Waals surface area contributed by atoms with Gasteiger partial charge >= 0.3 is 0 Å². The van der Waals surface area contributed by atoms with Gasteiger partial charge in [-0.2, -0.15) is 15.0 Å². The third kappa shape index (κ3) is 4.19. The molecule has 0 spiro atoms. The molecule has 176 valence electrons. The van der Waals surface area contributed by atoms with Crippen LogP contribution >= 0.6 is 0 Å². The van der Waals surface area contributed by atoms with E-state index in [0.717, 1.165) is 33.6 Å². The first-order valence-electron chi connectivity index (χ1n) is 11.1. The maximum atomic E-state index is 6.21. The number of benzene rings is 3. The van der Waals surface area contributed by atoms with E-state index in [4.69, 9.17) is 20.9 Å². The van der Waals surface area contributed by atoms with Crippen molar-refractivity contribution in [3.05, 3.63) is 72.4 Å². The van der Waals surface area contributed by atoms with E-state index in [1.807, 2.05) is 72.6 Å². The lowest BCUT2D eigenvalue weighted by Gasteiger charge is -2.25. The van der Waals surface area contributed by atoms with Crippen LogP contribution in [0.15, 0.2) is 66.9 Å². The number of nitrogen functional groups attached to an aromatic ring is 2. The molecule has 9 nitrogen and oxygen atoms in total. The molecule has 35 heavy (non-hydrogen) atoms. The Morgan fingerprint density at radius 1 is 0.829 bits per heavy atom. The van der Waals surface area contributed by atoms with Crippen LogP contribution in [-0.2, 0) is 0 Å². The Morgan fingerprint density at radius 2 is 1.51 bits per heavy atom. The summed E-state index contributed by atoms with van der Waals surface area (Å²) in [6, 6.07) is 19.8. The SMILES string of the molecule is COc1ccc(Oc2ccc(C(C)N(C)c3ncc4c(N)nc(N)nc4n3)cc2)c2ccccc12. The van der Waals surface area contributed by atoms with Gasteiger partial charge in [0.05, 0.1) is 18.5 Å². The highest BCUT2D eigenvalue weighted by molar-refractivity contribution is 5.93. The Bertz CT molecular complexity index is 1520. The molecule has 0 saturated carbocycles. The second-order valence-corrected chi connectivity index (χ2v) is 8.14. The molecule has 1 unspecified atom stereocenters. The number of aromatic nitrogens is 4. The van der Waals surface area contributed by atoms with Gasteiger partial charge in [0, 0.05) is 24.0 Å². The van der Waals surface area contributed by atoms with E-state index in [1.54, 1.807) is 13.3 Å². The molecule has 5 aromatic rings. The normalized spacial score (nSPS) is 12.0. The first kappa shape index (κ1) is 22.1.